The van der Waals surface area contributed by atoms with Gasteiger partial charge in [0.15, 0.2) is 0 Å². The molecular weight excluding hydrogens is 340 g/mol. The minimum absolute atomic E-state index is 0.168. The van der Waals surface area contributed by atoms with E-state index in [-0.39, 0.29) is 5.91 Å². The van der Waals surface area contributed by atoms with Gasteiger partial charge >= 0.3 is 0 Å². The van der Waals surface area contributed by atoms with E-state index in [9.17, 15) is 4.79 Å². The monoisotopic (exact) mass is 362 g/mol. The van der Waals surface area contributed by atoms with Crippen LogP contribution in [-0.4, -0.2) is 47.0 Å². The van der Waals surface area contributed by atoms with Gasteiger partial charge in [-0.15, -0.1) is 0 Å². The fourth-order valence-electron chi connectivity index (χ4n) is 3.27. The highest BCUT2D eigenvalue weighted by Gasteiger charge is 2.22. The van der Waals surface area contributed by atoms with Crippen LogP contribution < -0.4 is 4.90 Å². The van der Waals surface area contributed by atoms with Gasteiger partial charge in [-0.25, -0.2) is 9.97 Å². The second kappa shape index (κ2) is 8.03. The average molecular weight is 362 g/mol. The lowest BCUT2D eigenvalue weighted by Crippen LogP contribution is -2.49. The topological polar surface area (TPSA) is 62.5 Å². The van der Waals surface area contributed by atoms with Crippen LogP contribution >= 0.6 is 0 Å². The third-order valence-corrected chi connectivity index (χ3v) is 4.77. The Bertz CT molecular complexity index is 871. The van der Waals surface area contributed by atoms with Gasteiger partial charge in [0.25, 0.3) is 0 Å². The van der Waals surface area contributed by atoms with Gasteiger partial charge in [-0.2, -0.15) is 0 Å². The maximum atomic E-state index is 12.5. The van der Waals surface area contributed by atoms with Gasteiger partial charge < -0.3 is 14.2 Å². The van der Waals surface area contributed by atoms with Crippen LogP contribution in [-0.2, 0) is 11.2 Å². The molecule has 6 heteroatoms. The van der Waals surface area contributed by atoms with Gasteiger partial charge in [-0.05, 0) is 18.2 Å². The normalized spacial score (nSPS) is 14.4. The number of carbonyl (C=O) groups excluding carboxylic acids is 1. The summed E-state index contributed by atoms with van der Waals surface area (Å²) in [5.41, 5.74) is 1.05. The largest absolute Gasteiger partial charge is 0.461 e. The van der Waals surface area contributed by atoms with Crippen molar-refractivity contribution in [3.05, 3.63) is 66.7 Å². The summed E-state index contributed by atoms with van der Waals surface area (Å²) < 4.78 is 5.89. The van der Waals surface area contributed by atoms with E-state index < -0.39 is 0 Å². The molecular formula is C21H22N4O2. The van der Waals surface area contributed by atoms with Crippen LogP contribution in [0.4, 0.5) is 5.95 Å². The Morgan fingerprint density at radius 3 is 2.41 bits per heavy atom. The van der Waals surface area contributed by atoms with Gasteiger partial charge in [-0.3, -0.25) is 4.79 Å². The van der Waals surface area contributed by atoms with Crippen LogP contribution in [0.15, 0.2) is 65.3 Å². The molecule has 1 aliphatic heterocycles. The molecule has 3 heterocycles. The van der Waals surface area contributed by atoms with Crippen LogP contribution in [0.1, 0.15) is 12.2 Å². The number of benzene rings is 1. The van der Waals surface area contributed by atoms with Crippen molar-refractivity contribution in [1.29, 1.82) is 0 Å². The highest BCUT2D eigenvalue weighted by molar-refractivity contribution is 5.76. The Labute approximate surface area is 158 Å². The molecule has 0 spiro atoms. The zero-order chi connectivity index (χ0) is 18.5. The van der Waals surface area contributed by atoms with Crippen molar-refractivity contribution in [2.24, 2.45) is 0 Å². The number of hydrogen-bond donors (Lipinski definition) is 0. The highest BCUT2D eigenvalue weighted by atomic mass is 16.3. The van der Waals surface area contributed by atoms with E-state index >= 15 is 0 Å². The lowest BCUT2D eigenvalue weighted by molar-refractivity contribution is -0.131. The standard InChI is InChI=1S/C21H22N4O2/c26-20(24-13-15-25(16-14-24)21-22-11-4-12-23-21)10-8-18-7-9-19(27-18)17-5-2-1-3-6-17/h1-7,9,11-12H,8,10,13-16H2. The molecule has 1 aromatic carbocycles. The van der Waals surface area contributed by atoms with Crippen molar-refractivity contribution in [3.8, 4) is 11.3 Å². The molecule has 0 unspecified atom stereocenters. The molecule has 1 amide bonds. The summed E-state index contributed by atoms with van der Waals surface area (Å²) in [6.45, 7) is 2.92. The molecule has 4 rings (SSSR count). The number of hydrogen-bond acceptors (Lipinski definition) is 5. The number of amides is 1. The first-order valence-electron chi connectivity index (χ1n) is 9.23. The number of piperazine rings is 1. The van der Waals surface area contributed by atoms with E-state index in [0.717, 1.165) is 36.1 Å². The first-order chi connectivity index (χ1) is 13.3. The number of rotatable bonds is 5. The quantitative estimate of drug-likeness (QED) is 0.698. The summed E-state index contributed by atoms with van der Waals surface area (Å²) in [7, 11) is 0. The molecule has 0 aliphatic carbocycles. The van der Waals surface area contributed by atoms with Crippen molar-refractivity contribution in [3.63, 3.8) is 0 Å². The van der Waals surface area contributed by atoms with Crippen LogP contribution in [0, 0.1) is 0 Å². The van der Waals surface area contributed by atoms with E-state index in [1.165, 1.54) is 0 Å². The fraction of sp³-hybridized carbons (Fsp3) is 0.286. The fourth-order valence-corrected chi connectivity index (χ4v) is 3.27. The van der Waals surface area contributed by atoms with Crippen molar-refractivity contribution < 1.29 is 9.21 Å². The molecule has 0 bridgehead atoms. The molecule has 0 atom stereocenters. The first kappa shape index (κ1) is 17.3. The Kier molecular flexibility index (Phi) is 5.14. The number of aryl methyl sites for hydroxylation is 1. The smallest absolute Gasteiger partial charge is 0.225 e. The van der Waals surface area contributed by atoms with E-state index in [1.54, 1.807) is 18.5 Å². The zero-order valence-electron chi connectivity index (χ0n) is 15.1. The van der Waals surface area contributed by atoms with Crippen molar-refractivity contribution >= 4 is 11.9 Å². The third kappa shape index (κ3) is 4.16. The Hall–Kier alpha value is -3.15. The minimum atomic E-state index is 0.168. The number of furan rings is 1. The van der Waals surface area contributed by atoms with E-state index in [4.69, 9.17) is 4.42 Å². The third-order valence-electron chi connectivity index (χ3n) is 4.77. The molecule has 2 aromatic heterocycles. The second-order valence-corrected chi connectivity index (χ2v) is 6.55. The summed E-state index contributed by atoms with van der Waals surface area (Å²) in [6, 6.07) is 15.7. The number of nitrogens with zero attached hydrogens (tertiary/aromatic N) is 4. The lowest BCUT2D eigenvalue weighted by Gasteiger charge is -2.34. The average Bonchev–Trinajstić information content (AvgIpc) is 3.22. The molecule has 27 heavy (non-hydrogen) atoms. The molecule has 138 valence electrons. The molecule has 0 N–H and O–H groups in total. The minimum Gasteiger partial charge on any atom is -0.461 e. The summed E-state index contributed by atoms with van der Waals surface area (Å²) in [5.74, 6) is 2.59. The summed E-state index contributed by atoms with van der Waals surface area (Å²) in [5, 5.41) is 0. The Balaban J connectivity index is 1.27. The van der Waals surface area contributed by atoms with E-state index in [0.29, 0.717) is 25.9 Å². The molecule has 1 saturated heterocycles. The lowest BCUT2D eigenvalue weighted by atomic mass is 10.2. The molecule has 6 nitrogen and oxygen atoms in total. The maximum Gasteiger partial charge on any atom is 0.225 e. The molecule has 3 aromatic rings. The predicted octanol–water partition coefficient (Wildman–Crippen LogP) is 3.02. The molecule has 0 saturated carbocycles. The molecule has 0 radical (unpaired) electrons. The highest BCUT2D eigenvalue weighted by Crippen LogP contribution is 2.22. The van der Waals surface area contributed by atoms with Crippen molar-refractivity contribution in [2.75, 3.05) is 31.1 Å². The number of aromatic nitrogens is 2. The van der Waals surface area contributed by atoms with E-state index in [1.807, 2.05) is 47.4 Å². The number of carbonyl (C=O) groups is 1. The summed E-state index contributed by atoms with van der Waals surface area (Å²) in [4.78, 5) is 25.1. The Morgan fingerprint density at radius 1 is 0.926 bits per heavy atom. The zero-order valence-corrected chi connectivity index (χ0v) is 15.1. The van der Waals surface area contributed by atoms with Crippen molar-refractivity contribution in [1.82, 2.24) is 14.9 Å². The Morgan fingerprint density at radius 2 is 1.67 bits per heavy atom. The van der Waals surface area contributed by atoms with Gasteiger partial charge in [0, 0.05) is 57.0 Å². The van der Waals surface area contributed by atoms with Crippen LogP contribution in [0.25, 0.3) is 11.3 Å². The predicted molar refractivity (Wildman–Crippen MR) is 103 cm³/mol. The SMILES string of the molecule is O=C(CCc1ccc(-c2ccccc2)o1)N1CCN(c2ncccn2)CC1. The van der Waals surface area contributed by atoms with E-state index in [2.05, 4.69) is 14.9 Å². The summed E-state index contributed by atoms with van der Waals surface area (Å²) in [6.07, 6.45) is 4.57. The maximum absolute atomic E-state index is 12.5. The van der Waals surface area contributed by atoms with Crippen LogP contribution in [0.5, 0.6) is 0 Å². The molecule has 1 aliphatic rings. The summed E-state index contributed by atoms with van der Waals surface area (Å²) >= 11 is 0. The van der Waals surface area contributed by atoms with Crippen molar-refractivity contribution in [2.45, 2.75) is 12.8 Å². The van der Waals surface area contributed by atoms with Crippen LogP contribution in [0.3, 0.4) is 0 Å². The van der Waals surface area contributed by atoms with Gasteiger partial charge in [-0.1, -0.05) is 30.3 Å². The first-order valence-corrected chi connectivity index (χ1v) is 9.23. The van der Waals surface area contributed by atoms with Crippen LogP contribution in [0.2, 0.25) is 0 Å². The van der Waals surface area contributed by atoms with Gasteiger partial charge in [0.05, 0.1) is 0 Å². The van der Waals surface area contributed by atoms with Gasteiger partial charge in [0.1, 0.15) is 11.5 Å². The van der Waals surface area contributed by atoms with Gasteiger partial charge in [0.2, 0.25) is 11.9 Å². The molecule has 1 fully saturated rings. The second-order valence-electron chi connectivity index (χ2n) is 6.55. The number of anilines is 1.